The molecular formula is C17H13ClN4O2. The fourth-order valence-corrected chi connectivity index (χ4v) is 1.88. The second kappa shape index (κ2) is 7.90. The van der Waals surface area contributed by atoms with Crippen LogP contribution in [0.15, 0.2) is 54.4 Å². The molecule has 7 heteroatoms. The molecule has 0 unspecified atom stereocenters. The van der Waals surface area contributed by atoms with Crippen LogP contribution in [-0.2, 0) is 4.79 Å². The number of hydrogen-bond acceptors (Lipinski definition) is 5. The van der Waals surface area contributed by atoms with Gasteiger partial charge >= 0.3 is 0 Å². The third-order valence-electron chi connectivity index (χ3n) is 2.98. The molecule has 0 radical (unpaired) electrons. The molecule has 1 aromatic heterocycles. The Morgan fingerprint density at radius 3 is 2.71 bits per heavy atom. The van der Waals surface area contributed by atoms with Crippen molar-refractivity contribution < 1.29 is 9.59 Å². The minimum absolute atomic E-state index is 0.113. The summed E-state index contributed by atoms with van der Waals surface area (Å²) in [6, 6.07) is 11.5. The van der Waals surface area contributed by atoms with Crippen molar-refractivity contribution in [2.75, 3.05) is 10.6 Å². The van der Waals surface area contributed by atoms with Crippen LogP contribution < -0.4 is 10.6 Å². The van der Waals surface area contributed by atoms with Gasteiger partial charge in [-0.15, -0.1) is 0 Å². The summed E-state index contributed by atoms with van der Waals surface area (Å²) in [4.78, 5) is 27.5. The SMILES string of the molecule is CC(=O)c1cccc(NC(=O)/C(C#N)=C\Nc2ccc(Cl)cn2)c1. The van der Waals surface area contributed by atoms with Crippen LogP contribution in [0.25, 0.3) is 0 Å². The van der Waals surface area contributed by atoms with Crippen LogP contribution in [-0.4, -0.2) is 16.7 Å². The van der Waals surface area contributed by atoms with Gasteiger partial charge in [0, 0.05) is 23.6 Å². The van der Waals surface area contributed by atoms with Gasteiger partial charge in [0.2, 0.25) is 0 Å². The first-order valence-corrected chi connectivity index (χ1v) is 7.28. The lowest BCUT2D eigenvalue weighted by Crippen LogP contribution is -2.15. The summed E-state index contributed by atoms with van der Waals surface area (Å²) in [6.45, 7) is 1.44. The standard InChI is InChI=1S/C17H13ClN4O2/c1-11(23)12-3-2-4-15(7-12)22-17(24)13(8-19)9-20-16-6-5-14(18)10-21-16/h2-7,9-10H,1H3,(H,20,21)(H,22,24)/b13-9-. The van der Waals surface area contributed by atoms with Gasteiger partial charge in [-0.25, -0.2) is 4.98 Å². The van der Waals surface area contributed by atoms with Crippen molar-refractivity contribution in [2.45, 2.75) is 6.92 Å². The molecule has 24 heavy (non-hydrogen) atoms. The second-order valence-corrected chi connectivity index (χ2v) is 5.20. The lowest BCUT2D eigenvalue weighted by atomic mass is 10.1. The van der Waals surface area contributed by atoms with E-state index in [4.69, 9.17) is 16.9 Å². The summed E-state index contributed by atoms with van der Waals surface area (Å²) in [6.07, 6.45) is 2.69. The first-order chi connectivity index (χ1) is 11.5. The van der Waals surface area contributed by atoms with Crippen molar-refractivity contribution in [1.29, 1.82) is 5.26 Å². The van der Waals surface area contributed by atoms with Crippen molar-refractivity contribution in [3.05, 3.63) is 65.0 Å². The molecule has 120 valence electrons. The Kier molecular flexibility index (Phi) is 5.66. The number of halogens is 1. The van der Waals surface area contributed by atoms with Crippen LogP contribution in [0.3, 0.4) is 0 Å². The van der Waals surface area contributed by atoms with Crippen LogP contribution in [0.1, 0.15) is 17.3 Å². The predicted molar refractivity (Wildman–Crippen MR) is 91.6 cm³/mol. The van der Waals surface area contributed by atoms with Crippen molar-refractivity contribution in [3.63, 3.8) is 0 Å². The number of carbonyl (C=O) groups excluding carboxylic acids is 2. The van der Waals surface area contributed by atoms with Crippen LogP contribution in [0, 0.1) is 11.3 Å². The zero-order valence-corrected chi connectivity index (χ0v) is 13.5. The number of nitrogens with zero attached hydrogens (tertiary/aromatic N) is 2. The van der Waals surface area contributed by atoms with Gasteiger partial charge in [-0.1, -0.05) is 23.7 Å². The van der Waals surface area contributed by atoms with E-state index in [0.29, 0.717) is 22.1 Å². The molecule has 0 saturated carbocycles. The number of benzene rings is 1. The van der Waals surface area contributed by atoms with Crippen LogP contribution >= 0.6 is 11.6 Å². The highest BCUT2D eigenvalue weighted by molar-refractivity contribution is 6.30. The van der Waals surface area contributed by atoms with Gasteiger partial charge in [-0.3, -0.25) is 9.59 Å². The van der Waals surface area contributed by atoms with Crippen molar-refractivity contribution in [1.82, 2.24) is 4.98 Å². The highest BCUT2D eigenvalue weighted by Crippen LogP contribution is 2.13. The molecule has 1 amide bonds. The minimum Gasteiger partial charge on any atom is -0.345 e. The summed E-state index contributed by atoms with van der Waals surface area (Å²) >= 11 is 5.73. The fourth-order valence-electron chi connectivity index (χ4n) is 1.77. The Hall–Kier alpha value is -3.17. The zero-order chi connectivity index (χ0) is 17.5. The molecule has 6 nitrogen and oxygen atoms in total. The quantitative estimate of drug-likeness (QED) is 0.494. The Bertz CT molecular complexity index is 838. The molecule has 0 aliphatic rings. The van der Waals surface area contributed by atoms with Crippen molar-refractivity contribution in [2.24, 2.45) is 0 Å². The summed E-state index contributed by atoms with van der Waals surface area (Å²) < 4.78 is 0. The number of Topliss-reactive ketones (excluding diaryl/α,β-unsaturated/α-hetero) is 1. The average molecular weight is 341 g/mol. The van der Waals surface area contributed by atoms with E-state index in [1.807, 2.05) is 0 Å². The summed E-state index contributed by atoms with van der Waals surface area (Å²) in [7, 11) is 0. The minimum atomic E-state index is -0.598. The predicted octanol–water partition coefficient (Wildman–Crippen LogP) is 3.40. The van der Waals surface area contributed by atoms with Crippen LogP contribution in [0.4, 0.5) is 11.5 Å². The van der Waals surface area contributed by atoms with Gasteiger partial charge in [-0.2, -0.15) is 5.26 Å². The molecule has 0 atom stereocenters. The van der Waals surface area contributed by atoms with E-state index in [2.05, 4.69) is 15.6 Å². The first-order valence-electron chi connectivity index (χ1n) is 6.90. The Morgan fingerprint density at radius 1 is 1.29 bits per heavy atom. The van der Waals surface area contributed by atoms with E-state index in [1.165, 1.54) is 19.3 Å². The molecule has 0 fully saturated rings. The van der Waals surface area contributed by atoms with Crippen molar-refractivity contribution in [3.8, 4) is 6.07 Å². The van der Waals surface area contributed by atoms with E-state index < -0.39 is 5.91 Å². The topological polar surface area (TPSA) is 94.9 Å². The molecule has 1 aromatic carbocycles. The summed E-state index contributed by atoms with van der Waals surface area (Å²) in [5.74, 6) is -0.268. The number of anilines is 2. The highest BCUT2D eigenvalue weighted by Gasteiger charge is 2.10. The smallest absolute Gasteiger partial charge is 0.267 e. The number of nitrogens with one attached hydrogen (secondary N) is 2. The monoisotopic (exact) mass is 340 g/mol. The fraction of sp³-hybridized carbons (Fsp3) is 0.0588. The van der Waals surface area contributed by atoms with Gasteiger partial charge in [-0.05, 0) is 31.2 Å². The van der Waals surface area contributed by atoms with Gasteiger partial charge in [0.05, 0.1) is 5.02 Å². The molecule has 1 heterocycles. The molecule has 0 aliphatic heterocycles. The molecule has 2 aromatic rings. The maximum absolute atomic E-state index is 12.1. The number of rotatable bonds is 5. The normalized spacial score (nSPS) is 10.6. The van der Waals surface area contributed by atoms with Crippen LogP contribution in [0.2, 0.25) is 5.02 Å². The second-order valence-electron chi connectivity index (χ2n) is 4.77. The third kappa shape index (κ3) is 4.66. The average Bonchev–Trinajstić information content (AvgIpc) is 2.57. The highest BCUT2D eigenvalue weighted by atomic mass is 35.5. The number of amides is 1. The van der Waals surface area contributed by atoms with Gasteiger partial charge in [0.25, 0.3) is 5.91 Å². The largest absolute Gasteiger partial charge is 0.345 e. The molecule has 2 N–H and O–H groups in total. The summed E-state index contributed by atoms with van der Waals surface area (Å²) in [5.41, 5.74) is 0.761. The van der Waals surface area contributed by atoms with Gasteiger partial charge in [0.15, 0.2) is 5.78 Å². The summed E-state index contributed by atoms with van der Waals surface area (Å²) in [5, 5.41) is 14.9. The molecule has 2 rings (SSSR count). The number of aromatic nitrogens is 1. The van der Waals surface area contributed by atoms with E-state index in [-0.39, 0.29) is 11.4 Å². The number of ketones is 1. The van der Waals surface area contributed by atoms with Crippen LogP contribution in [0.5, 0.6) is 0 Å². The molecular weight excluding hydrogens is 328 g/mol. The molecule has 0 aliphatic carbocycles. The Labute approximate surface area is 143 Å². The lowest BCUT2D eigenvalue weighted by molar-refractivity contribution is -0.112. The maximum atomic E-state index is 12.1. The molecule has 0 bridgehead atoms. The Balaban J connectivity index is 2.10. The zero-order valence-electron chi connectivity index (χ0n) is 12.7. The van der Waals surface area contributed by atoms with E-state index in [9.17, 15) is 9.59 Å². The Morgan fingerprint density at radius 2 is 2.08 bits per heavy atom. The first kappa shape index (κ1) is 17.2. The van der Waals surface area contributed by atoms with E-state index in [0.717, 1.165) is 0 Å². The number of pyridine rings is 1. The van der Waals surface area contributed by atoms with Gasteiger partial charge < -0.3 is 10.6 Å². The van der Waals surface area contributed by atoms with E-state index >= 15 is 0 Å². The lowest BCUT2D eigenvalue weighted by Gasteiger charge is -2.06. The van der Waals surface area contributed by atoms with E-state index in [1.54, 1.807) is 42.5 Å². The third-order valence-corrected chi connectivity index (χ3v) is 3.21. The number of nitriles is 1. The number of hydrogen-bond donors (Lipinski definition) is 2. The maximum Gasteiger partial charge on any atom is 0.267 e. The van der Waals surface area contributed by atoms with Gasteiger partial charge in [0.1, 0.15) is 17.5 Å². The molecule has 0 saturated heterocycles. The molecule has 0 spiro atoms. The number of carbonyl (C=O) groups is 2. The van der Waals surface area contributed by atoms with Crippen molar-refractivity contribution >= 4 is 34.8 Å².